The second-order valence-electron chi connectivity index (χ2n) is 9.03. The Kier molecular flexibility index (Phi) is 5.11. The summed E-state index contributed by atoms with van der Waals surface area (Å²) in [6.45, 7) is 0.928. The lowest BCUT2D eigenvalue weighted by atomic mass is 9.68. The fourth-order valence-electron chi connectivity index (χ4n) is 5.74. The van der Waals surface area contributed by atoms with Gasteiger partial charge in [0.25, 0.3) is 0 Å². The van der Waals surface area contributed by atoms with E-state index in [0.717, 1.165) is 74.7 Å². The molecular weight excluding hydrogens is 372 g/mol. The van der Waals surface area contributed by atoms with Crippen molar-refractivity contribution in [2.75, 3.05) is 11.9 Å². The highest BCUT2D eigenvalue weighted by Gasteiger charge is 2.49. The number of benzene rings is 2. The Labute approximate surface area is 178 Å². The van der Waals surface area contributed by atoms with E-state index in [9.17, 15) is 9.90 Å². The molecule has 4 nitrogen and oxygen atoms in total. The quantitative estimate of drug-likeness (QED) is 0.474. The monoisotopic (exact) mass is 402 g/mol. The van der Waals surface area contributed by atoms with Crippen molar-refractivity contribution in [3.63, 3.8) is 0 Å². The van der Waals surface area contributed by atoms with Gasteiger partial charge >= 0.3 is 0 Å². The van der Waals surface area contributed by atoms with E-state index in [4.69, 9.17) is 0 Å². The van der Waals surface area contributed by atoms with Crippen molar-refractivity contribution >= 4 is 17.2 Å². The van der Waals surface area contributed by atoms with Crippen LogP contribution in [0.25, 0.3) is 5.57 Å². The van der Waals surface area contributed by atoms with Crippen molar-refractivity contribution < 1.29 is 9.90 Å². The van der Waals surface area contributed by atoms with E-state index in [0.29, 0.717) is 11.8 Å². The molecule has 2 aromatic carbocycles. The van der Waals surface area contributed by atoms with Crippen LogP contribution in [0.5, 0.6) is 5.75 Å². The van der Waals surface area contributed by atoms with Crippen LogP contribution in [0, 0.1) is 0 Å². The zero-order chi connectivity index (χ0) is 20.6. The Morgan fingerprint density at radius 3 is 2.83 bits per heavy atom. The molecule has 2 atom stereocenters. The van der Waals surface area contributed by atoms with E-state index in [1.807, 2.05) is 6.07 Å². The van der Waals surface area contributed by atoms with Gasteiger partial charge in [-0.3, -0.25) is 4.79 Å². The molecule has 5 rings (SSSR count). The summed E-state index contributed by atoms with van der Waals surface area (Å²) >= 11 is 0. The summed E-state index contributed by atoms with van der Waals surface area (Å²) in [4.78, 5) is 13.0. The minimum absolute atomic E-state index is 0.133. The van der Waals surface area contributed by atoms with Crippen LogP contribution in [-0.2, 0) is 16.6 Å². The average molecular weight is 403 g/mol. The minimum atomic E-state index is -0.434. The van der Waals surface area contributed by atoms with Crippen LogP contribution in [-0.4, -0.2) is 23.6 Å². The first kappa shape index (κ1) is 19.4. The van der Waals surface area contributed by atoms with Crippen LogP contribution in [0.1, 0.15) is 61.6 Å². The molecule has 2 heterocycles. The van der Waals surface area contributed by atoms with Gasteiger partial charge in [0.15, 0.2) is 0 Å². The zero-order valence-electron chi connectivity index (χ0n) is 17.4. The number of carbonyl (C=O) groups excluding carboxylic acids is 1. The summed E-state index contributed by atoms with van der Waals surface area (Å²) < 4.78 is 0. The molecule has 156 valence electrons. The molecule has 0 spiro atoms. The molecule has 1 amide bonds. The largest absolute Gasteiger partial charge is 0.508 e. The molecule has 4 heteroatoms. The molecule has 0 saturated heterocycles. The Morgan fingerprint density at radius 1 is 1.10 bits per heavy atom. The first-order valence-electron chi connectivity index (χ1n) is 11.3. The average Bonchev–Trinajstić information content (AvgIpc) is 3.07. The van der Waals surface area contributed by atoms with E-state index >= 15 is 0 Å². The summed E-state index contributed by atoms with van der Waals surface area (Å²) in [5.74, 6) is 0.482. The molecule has 2 unspecified atom stereocenters. The fourth-order valence-corrected chi connectivity index (χ4v) is 5.74. The third kappa shape index (κ3) is 3.33. The summed E-state index contributed by atoms with van der Waals surface area (Å²) in [5.41, 5.74) is 5.33. The van der Waals surface area contributed by atoms with Gasteiger partial charge in [-0.05, 0) is 67.4 Å². The Bertz CT molecular complexity index is 982. The van der Waals surface area contributed by atoms with E-state index in [-0.39, 0.29) is 5.91 Å². The summed E-state index contributed by atoms with van der Waals surface area (Å²) in [5, 5.41) is 17.1. The van der Waals surface area contributed by atoms with Crippen LogP contribution in [0.3, 0.4) is 0 Å². The molecule has 0 fully saturated rings. The lowest BCUT2D eigenvalue weighted by Gasteiger charge is -2.33. The number of hydrogen-bond acceptors (Lipinski definition) is 3. The number of aromatic hydroxyl groups is 1. The zero-order valence-corrected chi connectivity index (χ0v) is 17.4. The molecule has 0 aromatic heterocycles. The maximum absolute atomic E-state index is 13.0. The number of rotatable bonds is 6. The van der Waals surface area contributed by atoms with Crippen LogP contribution in [0.15, 0.2) is 48.5 Å². The third-order valence-electron chi connectivity index (χ3n) is 7.25. The minimum Gasteiger partial charge on any atom is -0.508 e. The smallest absolute Gasteiger partial charge is 0.235 e. The first-order chi connectivity index (χ1) is 14.7. The van der Waals surface area contributed by atoms with Crippen molar-refractivity contribution in [3.8, 4) is 5.75 Å². The van der Waals surface area contributed by atoms with Crippen molar-refractivity contribution in [1.82, 2.24) is 5.32 Å². The highest BCUT2D eigenvalue weighted by molar-refractivity contribution is 6.07. The van der Waals surface area contributed by atoms with Gasteiger partial charge in [0.05, 0.1) is 5.41 Å². The van der Waals surface area contributed by atoms with Gasteiger partial charge in [-0.15, -0.1) is 0 Å². The third-order valence-corrected chi connectivity index (χ3v) is 7.25. The molecular formula is C26H30N2O2. The second-order valence-corrected chi connectivity index (χ2v) is 9.03. The fraction of sp³-hybridized carbons (Fsp3) is 0.423. The van der Waals surface area contributed by atoms with Crippen molar-refractivity contribution in [2.45, 2.75) is 62.8 Å². The van der Waals surface area contributed by atoms with Crippen LogP contribution >= 0.6 is 0 Å². The van der Waals surface area contributed by atoms with E-state index in [1.54, 1.807) is 6.07 Å². The van der Waals surface area contributed by atoms with Gasteiger partial charge in [-0.1, -0.05) is 49.2 Å². The molecule has 1 aliphatic carbocycles. The number of nitrogens with one attached hydrogen (secondary N) is 2. The van der Waals surface area contributed by atoms with Gasteiger partial charge < -0.3 is 15.7 Å². The molecule has 2 aliphatic heterocycles. The number of carbonyl (C=O) groups is 1. The predicted molar refractivity (Wildman–Crippen MR) is 121 cm³/mol. The van der Waals surface area contributed by atoms with Crippen molar-refractivity contribution in [3.05, 3.63) is 65.2 Å². The molecule has 0 saturated carbocycles. The molecule has 30 heavy (non-hydrogen) atoms. The molecule has 2 aromatic rings. The Morgan fingerprint density at radius 2 is 1.97 bits per heavy atom. The number of phenolic OH excluding ortho intramolecular Hbond substituents is 1. The van der Waals surface area contributed by atoms with Gasteiger partial charge in [-0.2, -0.15) is 0 Å². The SMILES string of the molecule is O=C1Nc2ccc(O)c3c2C1(CCCCC1CC(c2ccccc2)=CCN1)CCC3. The Balaban J connectivity index is 1.22. The normalized spacial score (nSPS) is 24.9. The Hall–Kier alpha value is -2.59. The number of unbranched alkanes of at least 4 members (excludes halogenated alkanes) is 1. The number of phenols is 1. The standard InChI is InChI=1S/C26H30N2O2/c29-23-12-11-22-24-21(23)10-6-15-26(24,25(30)28-22)14-5-4-9-20-17-19(13-16-27-20)18-7-2-1-3-8-18/h1-3,7-8,11-13,20,27,29H,4-6,9-10,14-17H2,(H,28,30). The van der Waals surface area contributed by atoms with Gasteiger partial charge in [0.2, 0.25) is 5.91 Å². The predicted octanol–water partition coefficient (Wildman–Crippen LogP) is 4.92. The summed E-state index contributed by atoms with van der Waals surface area (Å²) in [6, 6.07) is 14.7. The number of hydrogen-bond donors (Lipinski definition) is 3. The van der Waals surface area contributed by atoms with Gasteiger partial charge in [-0.25, -0.2) is 0 Å². The highest BCUT2D eigenvalue weighted by Crippen LogP contribution is 2.51. The van der Waals surface area contributed by atoms with Crippen molar-refractivity contribution in [1.29, 1.82) is 0 Å². The maximum Gasteiger partial charge on any atom is 0.235 e. The number of amides is 1. The molecule has 3 N–H and O–H groups in total. The van der Waals surface area contributed by atoms with Gasteiger partial charge in [0, 0.05) is 23.8 Å². The lowest BCUT2D eigenvalue weighted by Crippen LogP contribution is -2.37. The first-order valence-corrected chi connectivity index (χ1v) is 11.3. The van der Waals surface area contributed by atoms with E-state index in [2.05, 4.69) is 47.0 Å². The van der Waals surface area contributed by atoms with Crippen LogP contribution < -0.4 is 10.6 Å². The summed E-state index contributed by atoms with van der Waals surface area (Å²) in [6.07, 6.45) is 10.2. The van der Waals surface area contributed by atoms with Crippen molar-refractivity contribution in [2.24, 2.45) is 0 Å². The molecule has 0 bridgehead atoms. The second kappa shape index (κ2) is 7.92. The van der Waals surface area contributed by atoms with Crippen LogP contribution in [0.2, 0.25) is 0 Å². The van der Waals surface area contributed by atoms with E-state index < -0.39 is 5.41 Å². The number of anilines is 1. The van der Waals surface area contributed by atoms with E-state index in [1.165, 1.54) is 11.1 Å². The lowest BCUT2D eigenvalue weighted by molar-refractivity contribution is -0.121. The molecule has 0 radical (unpaired) electrons. The van der Waals surface area contributed by atoms with Crippen LogP contribution in [0.4, 0.5) is 5.69 Å². The maximum atomic E-state index is 13.0. The highest BCUT2D eigenvalue weighted by atomic mass is 16.3. The molecule has 3 aliphatic rings. The summed E-state index contributed by atoms with van der Waals surface area (Å²) in [7, 11) is 0. The topological polar surface area (TPSA) is 61.4 Å². The van der Waals surface area contributed by atoms with Gasteiger partial charge in [0.1, 0.15) is 5.75 Å².